The summed E-state index contributed by atoms with van der Waals surface area (Å²) in [5.41, 5.74) is 0. The second-order valence-corrected chi connectivity index (χ2v) is 53.9. The van der Waals surface area contributed by atoms with Gasteiger partial charge in [0.05, 0.1) is 13.2 Å². The van der Waals surface area contributed by atoms with Crippen molar-refractivity contribution in [3.8, 4) is 0 Å². The molecule has 2 N–H and O–H groups in total. The standard InChI is InChI=1S/C41H100O9Si8/c1-18-20-22-23-24-25-26-27-28-29-30-31-35-57(16,48-55(13,14)45-51(3,4)5)50-58(17,38-37-54(11,12)47-53(9,10)34-21-19-2)49-56(15,46-52(6,7)8)36-32-33-44-40-41(43)39-42/h41-43H,18-40H2,1-17H3. The van der Waals surface area contributed by atoms with Crippen LogP contribution in [0.4, 0.5) is 0 Å². The van der Waals surface area contributed by atoms with Gasteiger partial charge >= 0.3 is 34.2 Å². The van der Waals surface area contributed by atoms with Gasteiger partial charge in [0, 0.05) is 6.61 Å². The molecule has 58 heavy (non-hydrogen) atoms. The summed E-state index contributed by atoms with van der Waals surface area (Å²) in [5, 5.41) is 19.1. The zero-order valence-corrected chi connectivity index (χ0v) is 49.6. The number of hydrogen-bond acceptors (Lipinski definition) is 9. The van der Waals surface area contributed by atoms with E-state index in [1.54, 1.807) is 0 Å². The Morgan fingerprint density at radius 2 is 0.810 bits per heavy atom. The van der Waals surface area contributed by atoms with Crippen LogP contribution in [0.1, 0.15) is 110 Å². The molecule has 9 nitrogen and oxygen atoms in total. The predicted octanol–water partition coefficient (Wildman–Crippen LogP) is 13.3. The van der Waals surface area contributed by atoms with Crippen LogP contribution < -0.4 is 0 Å². The molecule has 17 heteroatoms. The average Bonchev–Trinajstić information content (AvgIpc) is 3.03. The fourth-order valence-electron chi connectivity index (χ4n) is 8.24. The lowest BCUT2D eigenvalue weighted by molar-refractivity contribution is 0.00623. The van der Waals surface area contributed by atoms with Crippen LogP contribution in [0.2, 0.25) is 128 Å². The highest BCUT2D eigenvalue weighted by Crippen LogP contribution is 2.37. The Bertz CT molecular complexity index is 1060. The van der Waals surface area contributed by atoms with E-state index in [9.17, 15) is 10.2 Å². The molecule has 0 aromatic heterocycles. The van der Waals surface area contributed by atoms with Crippen molar-refractivity contribution in [2.75, 3.05) is 19.8 Å². The molecule has 0 rings (SSSR count). The van der Waals surface area contributed by atoms with E-state index in [1.165, 1.54) is 89.5 Å². The lowest BCUT2D eigenvalue weighted by Crippen LogP contribution is -2.62. The quantitative estimate of drug-likeness (QED) is 0.0462. The van der Waals surface area contributed by atoms with Crippen molar-refractivity contribution in [1.82, 2.24) is 0 Å². The summed E-state index contributed by atoms with van der Waals surface area (Å²) in [7, 11) is -18.8. The first-order valence-corrected chi connectivity index (χ1v) is 47.0. The molecule has 0 aromatic carbocycles. The van der Waals surface area contributed by atoms with Crippen LogP contribution in [0, 0.1) is 0 Å². The third-order valence-electron chi connectivity index (χ3n) is 10.2. The Morgan fingerprint density at radius 1 is 0.397 bits per heavy atom. The summed E-state index contributed by atoms with van der Waals surface area (Å²) in [6.45, 7) is 39.2. The van der Waals surface area contributed by atoms with Gasteiger partial charge in [-0.15, -0.1) is 0 Å². The molecule has 4 unspecified atom stereocenters. The van der Waals surface area contributed by atoms with Gasteiger partial charge in [-0.3, -0.25) is 0 Å². The maximum Gasteiger partial charge on any atom is 0.317 e. The van der Waals surface area contributed by atoms with Gasteiger partial charge in [-0.2, -0.15) is 0 Å². The van der Waals surface area contributed by atoms with Crippen LogP contribution in [0.15, 0.2) is 0 Å². The molecule has 0 aromatic rings. The summed E-state index contributed by atoms with van der Waals surface area (Å²) < 4.78 is 49.5. The van der Waals surface area contributed by atoms with Gasteiger partial charge in [0.2, 0.25) is 0 Å². The third-order valence-corrected chi connectivity index (χ3v) is 41.0. The van der Waals surface area contributed by atoms with E-state index in [2.05, 4.69) is 112 Å². The minimum absolute atomic E-state index is 0.122. The van der Waals surface area contributed by atoms with Gasteiger partial charge in [-0.1, -0.05) is 104 Å². The van der Waals surface area contributed by atoms with Gasteiger partial charge in [0.1, 0.15) is 6.10 Å². The molecule has 0 amide bonds. The first kappa shape index (κ1) is 59.4. The van der Waals surface area contributed by atoms with E-state index in [0.29, 0.717) is 6.61 Å². The summed E-state index contributed by atoms with van der Waals surface area (Å²) in [6, 6.07) is 4.73. The van der Waals surface area contributed by atoms with Crippen molar-refractivity contribution in [2.24, 2.45) is 0 Å². The molecule has 0 bridgehead atoms. The van der Waals surface area contributed by atoms with Gasteiger partial charge < -0.3 is 39.6 Å². The van der Waals surface area contributed by atoms with E-state index in [-0.39, 0.29) is 13.2 Å². The Labute approximate surface area is 369 Å². The SMILES string of the molecule is CCCCCCCCCCCCCC[Si](C)(O[Si](C)(C)O[Si](C)(C)C)O[Si](C)(CC[Si](C)(C)O[Si](C)(C)CCCC)O[Si](C)(CCCOCC(O)CO)O[Si](C)(C)C. The largest absolute Gasteiger partial charge is 0.456 e. The Hall–Kier alpha value is 1.38. The topological polar surface area (TPSA) is 105 Å². The molecule has 0 aliphatic carbocycles. The monoisotopic (exact) mass is 961 g/mol. The van der Waals surface area contributed by atoms with Crippen LogP contribution >= 0.6 is 0 Å². The number of aliphatic hydroxyl groups excluding tert-OH is 2. The van der Waals surface area contributed by atoms with Gasteiger partial charge in [-0.25, -0.2) is 0 Å². The van der Waals surface area contributed by atoms with Gasteiger partial charge in [0.25, 0.3) is 0 Å². The first-order chi connectivity index (χ1) is 26.5. The van der Waals surface area contributed by atoms with Crippen molar-refractivity contribution >= 4 is 67.5 Å². The molecule has 0 aliphatic rings. The van der Waals surface area contributed by atoms with E-state index in [4.69, 9.17) is 29.4 Å². The first-order valence-electron chi connectivity index (χ1n) is 23.6. The lowest BCUT2D eigenvalue weighted by Gasteiger charge is -2.46. The van der Waals surface area contributed by atoms with Crippen molar-refractivity contribution in [2.45, 2.75) is 245 Å². The van der Waals surface area contributed by atoms with Crippen LogP contribution in [0.25, 0.3) is 0 Å². The molecule has 0 saturated carbocycles. The number of aliphatic hydroxyl groups is 2. The fraction of sp³-hybridized carbons (Fsp3) is 1.00. The van der Waals surface area contributed by atoms with Gasteiger partial charge in [-0.05, 0) is 135 Å². The zero-order chi connectivity index (χ0) is 44.8. The lowest BCUT2D eigenvalue weighted by atomic mass is 10.1. The minimum atomic E-state index is -2.95. The molecule has 0 spiro atoms. The summed E-state index contributed by atoms with van der Waals surface area (Å²) in [6.07, 6.45) is 18.1. The highest BCUT2D eigenvalue weighted by atomic mass is 28.5. The van der Waals surface area contributed by atoms with Crippen molar-refractivity contribution < 1.29 is 39.6 Å². The van der Waals surface area contributed by atoms with E-state index in [1.807, 2.05) is 0 Å². The smallest absolute Gasteiger partial charge is 0.317 e. The number of unbranched alkanes of at least 4 members (excludes halogenated alkanes) is 12. The Kier molecular flexibility index (Phi) is 29.0. The van der Waals surface area contributed by atoms with Crippen molar-refractivity contribution in [1.29, 1.82) is 0 Å². The Morgan fingerprint density at radius 3 is 1.28 bits per heavy atom. The third kappa shape index (κ3) is 32.1. The summed E-state index contributed by atoms with van der Waals surface area (Å²) in [4.78, 5) is 0. The number of rotatable bonds is 38. The molecule has 0 saturated heterocycles. The minimum Gasteiger partial charge on any atom is -0.456 e. The Balaban J connectivity index is 6.51. The van der Waals surface area contributed by atoms with Crippen LogP contribution in [0.3, 0.4) is 0 Å². The molecule has 350 valence electrons. The highest BCUT2D eigenvalue weighted by Gasteiger charge is 2.52. The second kappa shape index (κ2) is 28.3. The second-order valence-electron chi connectivity index (χ2n) is 21.4. The maximum atomic E-state index is 9.84. The molecule has 0 heterocycles. The normalized spacial score (nSPS) is 17.2. The maximum absolute atomic E-state index is 9.84. The van der Waals surface area contributed by atoms with Crippen LogP contribution in [-0.2, 0) is 29.4 Å². The fourth-order valence-corrected chi connectivity index (χ4v) is 49.3. The van der Waals surface area contributed by atoms with E-state index >= 15 is 0 Å². The molecular formula is C41H100O9Si8. The summed E-state index contributed by atoms with van der Waals surface area (Å²) >= 11 is 0. The van der Waals surface area contributed by atoms with Crippen LogP contribution in [-0.4, -0.2) is 104 Å². The zero-order valence-electron chi connectivity index (χ0n) is 41.6. The van der Waals surface area contributed by atoms with E-state index in [0.717, 1.165) is 37.0 Å². The summed E-state index contributed by atoms with van der Waals surface area (Å²) in [5.74, 6) is 0. The highest BCUT2D eigenvalue weighted by molar-refractivity contribution is 6.93. The molecule has 0 radical (unpaired) electrons. The van der Waals surface area contributed by atoms with Crippen molar-refractivity contribution in [3.05, 3.63) is 0 Å². The molecule has 0 fully saturated rings. The average molecular weight is 962 g/mol. The molecule has 4 atom stereocenters. The molecular weight excluding hydrogens is 861 g/mol. The van der Waals surface area contributed by atoms with Crippen LogP contribution in [0.5, 0.6) is 0 Å². The predicted molar refractivity (Wildman–Crippen MR) is 269 cm³/mol. The number of hydrogen-bond donors (Lipinski definition) is 2. The van der Waals surface area contributed by atoms with E-state index < -0.39 is 73.6 Å². The van der Waals surface area contributed by atoms with Gasteiger partial charge in [0.15, 0.2) is 33.3 Å². The number of ether oxygens (including phenoxy) is 1. The molecule has 0 aliphatic heterocycles. The van der Waals surface area contributed by atoms with Crippen molar-refractivity contribution in [3.63, 3.8) is 0 Å².